The lowest BCUT2D eigenvalue weighted by molar-refractivity contribution is -0.0512. The second kappa shape index (κ2) is 10.9. The minimum Gasteiger partial charge on any atom is -0.493 e. The minimum absolute atomic E-state index is 0. The maximum absolute atomic E-state index is 12.5. The van der Waals surface area contributed by atoms with E-state index in [4.69, 9.17) is 10.5 Å². The van der Waals surface area contributed by atoms with Gasteiger partial charge in [-0.2, -0.15) is 8.78 Å². The Balaban J connectivity index is 0.00000364. The molecule has 0 bridgehead atoms. The highest BCUT2D eigenvalue weighted by molar-refractivity contribution is 14.0. The van der Waals surface area contributed by atoms with Crippen molar-refractivity contribution in [3.05, 3.63) is 53.1 Å². The van der Waals surface area contributed by atoms with E-state index in [2.05, 4.69) is 21.1 Å². The van der Waals surface area contributed by atoms with Crippen LogP contribution in [-0.2, 0) is 6.42 Å². The Morgan fingerprint density at radius 3 is 2.37 bits per heavy atom. The van der Waals surface area contributed by atoms with Gasteiger partial charge in [-0.3, -0.25) is 4.99 Å². The van der Waals surface area contributed by atoms with Gasteiger partial charge in [0.25, 0.3) is 0 Å². The van der Waals surface area contributed by atoms with Crippen molar-refractivity contribution in [2.24, 2.45) is 10.7 Å². The van der Waals surface area contributed by atoms with Crippen LogP contribution in [-0.4, -0.2) is 26.2 Å². The summed E-state index contributed by atoms with van der Waals surface area (Å²) in [6.07, 6.45) is 0.527. The summed E-state index contributed by atoms with van der Waals surface area (Å²) in [5.41, 5.74) is 9.84. The van der Waals surface area contributed by atoms with Crippen molar-refractivity contribution in [1.29, 1.82) is 0 Å². The smallest absolute Gasteiger partial charge is 0.387 e. The van der Waals surface area contributed by atoms with Gasteiger partial charge in [-0.15, -0.1) is 24.0 Å². The highest BCUT2D eigenvalue weighted by Crippen LogP contribution is 2.29. The number of anilines is 1. The van der Waals surface area contributed by atoms with Gasteiger partial charge in [-0.1, -0.05) is 12.1 Å². The third-order valence-corrected chi connectivity index (χ3v) is 3.62. The lowest BCUT2D eigenvalue weighted by Crippen LogP contribution is -2.23. The lowest BCUT2D eigenvalue weighted by atomic mass is 10.1. The number of hydrogen-bond acceptors (Lipinski definition) is 3. The molecule has 5 nitrogen and oxygen atoms in total. The molecule has 0 unspecified atom stereocenters. The predicted octanol–water partition coefficient (Wildman–Crippen LogP) is 4.50. The number of nitrogens with two attached hydrogens (primary N) is 1. The van der Waals surface area contributed by atoms with Crippen LogP contribution < -0.4 is 20.5 Å². The summed E-state index contributed by atoms with van der Waals surface area (Å²) in [5, 5.41) is 3.05. The lowest BCUT2D eigenvalue weighted by Gasteiger charge is -2.11. The van der Waals surface area contributed by atoms with Crippen LogP contribution in [0.25, 0.3) is 0 Å². The van der Waals surface area contributed by atoms with Gasteiger partial charge in [-0.25, -0.2) is 0 Å². The molecule has 3 N–H and O–H groups in total. The number of hydrogen-bond donors (Lipinski definition) is 2. The molecule has 0 spiro atoms. The molecule has 0 atom stereocenters. The van der Waals surface area contributed by atoms with Gasteiger partial charge in [-0.05, 0) is 61.2 Å². The number of benzene rings is 2. The molecule has 0 amide bonds. The first-order chi connectivity index (χ1) is 12.4. The Hall–Kier alpha value is -2.10. The largest absolute Gasteiger partial charge is 0.493 e. The van der Waals surface area contributed by atoms with Gasteiger partial charge >= 0.3 is 6.61 Å². The van der Waals surface area contributed by atoms with Crippen LogP contribution in [0.2, 0.25) is 0 Å². The fraction of sp³-hybridized carbons (Fsp3) is 0.316. The van der Waals surface area contributed by atoms with Crippen LogP contribution in [0.15, 0.2) is 41.4 Å². The third kappa shape index (κ3) is 7.58. The molecule has 2 aromatic rings. The Morgan fingerprint density at radius 2 is 1.78 bits per heavy atom. The zero-order valence-corrected chi connectivity index (χ0v) is 17.8. The van der Waals surface area contributed by atoms with Crippen LogP contribution in [0, 0.1) is 13.8 Å². The average molecular weight is 491 g/mol. The van der Waals surface area contributed by atoms with Crippen molar-refractivity contribution in [3.8, 4) is 11.5 Å². The minimum atomic E-state index is -2.91. The van der Waals surface area contributed by atoms with Crippen LogP contribution in [0.3, 0.4) is 0 Å². The number of guanidine groups is 1. The summed E-state index contributed by atoms with van der Waals surface area (Å²) < 4.78 is 34.4. The van der Waals surface area contributed by atoms with Crippen molar-refractivity contribution in [2.75, 3.05) is 19.0 Å². The molecule has 148 valence electrons. The number of ether oxygens (including phenoxy) is 2. The summed E-state index contributed by atoms with van der Waals surface area (Å²) in [5.74, 6) is 0.562. The number of alkyl halides is 2. The number of nitrogens with one attached hydrogen (secondary N) is 1. The molecule has 27 heavy (non-hydrogen) atoms. The highest BCUT2D eigenvalue weighted by Gasteiger charge is 2.11. The fourth-order valence-electron chi connectivity index (χ4n) is 2.60. The monoisotopic (exact) mass is 491 g/mol. The maximum atomic E-state index is 12.5. The zero-order chi connectivity index (χ0) is 19.1. The van der Waals surface area contributed by atoms with Gasteiger partial charge in [0.1, 0.15) is 0 Å². The van der Waals surface area contributed by atoms with E-state index in [1.807, 2.05) is 26.0 Å². The molecule has 0 radical (unpaired) electrons. The summed E-state index contributed by atoms with van der Waals surface area (Å²) in [6.45, 7) is 1.52. The topological polar surface area (TPSA) is 68.9 Å². The van der Waals surface area contributed by atoms with Crippen molar-refractivity contribution in [2.45, 2.75) is 26.9 Å². The molecule has 0 saturated carbocycles. The molecule has 0 aliphatic heterocycles. The van der Waals surface area contributed by atoms with E-state index >= 15 is 0 Å². The van der Waals surface area contributed by atoms with Gasteiger partial charge in [0.2, 0.25) is 0 Å². The molecule has 0 aliphatic carbocycles. The molecule has 0 aliphatic rings. The molecule has 8 heteroatoms. The van der Waals surface area contributed by atoms with Gasteiger partial charge in [0, 0.05) is 12.2 Å². The highest BCUT2D eigenvalue weighted by atomic mass is 127. The Morgan fingerprint density at radius 1 is 1.11 bits per heavy atom. The fourth-order valence-corrected chi connectivity index (χ4v) is 2.60. The number of aliphatic imine (C=N–C) groups is 1. The quantitative estimate of drug-likeness (QED) is 0.340. The zero-order valence-electron chi connectivity index (χ0n) is 15.5. The van der Waals surface area contributed by atoms with Crippen LogP contribution in [0.5, 0.6) is 11.5 Å². The predicted molar refractivity (Wildman–Crippen MR) is 115 cm³/mol. The summed E-state index contributed by atoms with van der Waals surface area (Å²) in [7, 11) is 1.40. The second-order valence-electron chi connectivity index (χ2n) is 5.88. The van der Waals surface area contributed by atoms with Gasteiger partial charge < -0.3 is 20.5 Å². The second-order valence-corrected chi connectivity index (χ2v) is 5.88. The van der Waals surface area contributed by atoms with Crippen molar-refractivity contribution in [3.63, 3.8) is 0 Å². The SMILES string of the molecule is COc1ccc(CCN=C(N)Nc2cc(C)cc(C)c2)cc1OC(F)F.I. The van der Waals surface area contributed by atoms with E-state index in [-0.39, 0.29) is 35.5 Å². The Bertz CT molecular complexity index is 765. The Kier molecular flexibility index (Phi) is 9.27. The standard InChI is InChI=1S/C19H23F2N3O2.HI/c1-12-8-13(2)10-15(9-12)24-19(22)23-7-6-14-4-5-16(25-3)17(11-14)26-18(20)21;/h4-5,8-11,18H,6-7H2,1-3H3,(H3,22,23,24);1H. The van der Waals surface area contributed by atoms with Crippen LogP contribution >= 0.6 is 24.0 Å². The molecule has 0 fully saturated rings. The van der Waals surface area contributed by atoms with E-state index in [1.165, 1.54) is 13.2 Å². The Labute approximate surface area is 175 Å². The molecule has 0 heterocycles. The molecule has 2 rings (SSSR count). The molecule has 0 saturated heterocycles. The van der Waals surface area contributed by atoms with Crippen molar-refractivity contribution in [1.82, 2.24) is 0 Å². The van der Waals surface area contributed by atoms with E-state index in [0.29, 0.717) is 18.9 Å². The summed E-state index contributed by atoms with van der Waals surface area (Å²) in [4.78, 5) is 4.27. The first-order valence-corrected chi connectivity index (χ1v) is 8.14. The first-order valence-electron chi connectivity index (χ1n) is 8.14. The molecule has 0 aromatic heterocycles. The summed E-state index contributed by atoms with van der Waals surface area (Å²) >= 11 is 0. The third-order valence-electron chi connectivity index (χ3n) is 3.62. The van der Waals surface area contributed by atoms with Crippen LogP contribution in [0.4, 0.5) is 14.5 Å². The van der Waals surface area contributed by atoms with E-state index in [1.54, 1.807) is 12.1 Å². The molecule has 2 aromatic carbocycles. The van der Waals surface area contributed by atoms with E-state index in [0.717, 1.165) is 22.4 Å². The number of nitrogens with zero attached hydrogens (tertiary/aromatic N) is 1. The van der Waals surface area contributed by atoms with Gasteiger partial charge in [0.05, 0.1) is 7.11 Å². The van der Waals surface area contributed by atoms with Crippen molar-refractivity contribution < 1.29 is 18.3 Å². The maximum Gasteiger partial charge on any atom is 0.387 e. The van der Waals surface area contributed by atoms with Crippen molar-refractivity contribution >= 4 is 35.6 Å². The molecular weight excluding hydrogens is 467 g/mol. The first kappa shape index (κ1) is 22.9. The van der Waals surface area contributed by atoms with E-state index < -0.39 is 6.61 Å². The number of rotatable bonds is 7. The van der Waals surface area contributed by atoms with Crippen LogP contribution in [0.1, 0.15) is 16.7 Å². The van der Waals surface area contributed by atoms with Gasteiger partial charge in [0.15, 0.2) is 17.5 Å². The normalized spacial score (nSPS) is 11.1. The number of halogens is 3. The number of aryl methyl sites for hydroxylation is 2. The molecular formula is C19H24F2IN3O2. The van der Waals surface area contributed by atoms with E-state index in [9.17, 15) is 8.78 Å². The average Bonchev–Trinajstić information content (AvgIpc) is 2.53. The summed E-state index contributed by atoms with van der Waals surface area (Å²) in [6, 6.07) is 10.9. The number of methoxy groups -OCH3 is 1.